The zero-order valence-electron chi connectivity index (χ0n) is 8.84. The molecule has 0 fully saturated rings. The van der Waals surface area contributed by atoms with Crippen molar-refractivity contribution in [2.45, 2.75) is 6.92 Å². The van der Waals surface area contributed by atoms with Crippen molar-refractivity contribution in [2.75, 3.05) is 0 Å². The highest BCUT2D eigenvalue weighted by Crippen LogP contribution is 2.21. The van der Waals surface area contributed by atoms with Crippen LogP contribution in [-0.2, 0) is 0 Å². The Bertz CT molecular complexity index is 521. The van der Waals surface area contributed by atoms with Crippen molar-refractivity contribution >= 4 is 5.97 Å². The third-order valence-corrected chi connectivity index (χ3v) is 2.31. The molecule has 2 rings (SSSR count). The number of benzene rings is 1. The van der Waals surface area contributed by atoms with Gasteiger partial charge in [-0.05, 0) is 19.1 Å². The Morgan fingerprint density at radius 1 is 1.12 bits per heavy atom. The molecule has 0 saturated carbocycles. The van der Waals surface area contributed by atoms with E-state index in [2.05, 4.69) is 4.98 Å². The minimum absolute atomic E-state index is 0.233. The van der Waals surface area contributed by atoms with Crippen LogP contribution in [0.4, 0.5) is 0 Å². The van der Waals surface area contributed by atoms with Gasteiger partial charge in [-0.15, -0.1) is 0 Å². The molecule has 16 heavy (non-hydrogen) atoms. The van der Waals surface area contributed by atoms with Crippen molar-refractivity contribution in [1.29, 1.82) is 0 Å². The van der Waals surface area contributed by atoms with Gasteiger partial charge in [-0.1, -0.05) is 30.3 Å². The van der Waals surface area contributed by atoms with Gasteiger partial charge in [0.1, 0.15) is 0 Å². The summed E-state index contributed by atoms with van der Waals surface area (Å²) in [5, 5.41) is 9.08. The maximum Gasteiger partial charge on any atom is 0.337 e. The molecule has 0 bridgehead atoms. The number of hydrogen-bond donors (Lipinski definition) is 1. The third kappa shape index (κ3) is 1.93. The summed E-state index contributed by atoms with van der Waals surface area (Å²) in [5.74, 6) is -0.952. The summed E-state index contributed by atoms with van der Waals surface area (Å²) in [7, 11) is 0. The number of aromatic nitrogens is 1. The van der Waals surface area contributed by atoms with Crippen molar-refractivity contribution in [3.63, 3.8) is 0 Å². The Morgan fingerprint density at radius 3 is 2.44 bits per heavy atom. The molecular weight excluding hydrogens is 202 g/mol. The summed E-state index contributed by atoms with van der Waals surface area (Å²) in [6.45, 7) is 1.85. The average Bonchev–Trinajstić information content (AvgIpc) is 2.29. The normalized spacial score (nSPS) is 10.1. The summed E-state index contributed by atoms with van der Waals surface area (Å²) in [6, 6.07) is 12.6. The van der Waals surface area contributed by atoms with Gasteiger partial charge in [0.05, 0.1) is 11.3 Å². The lowest BCUT2D eigenvalue weighted by Gasteiger charge is -2.06. The molecule has 3 heteroatoms. The molecule has 0 spiro atoms. The molecule has 0 aliphatic carbocycles. The third-order valence-electron chi connectivity index (χ3n) is 2.31. The predicted molar refractivity (Wildman–Crippen MR) is 61.4 cm³/mol. The van der Waals surface area contributed by atoms with E-state index in [1.165, 1.54) is 0 Å². The highest BCUT2D eigenvalue weighted by atomic mass is 16.4. The molecule has 0 amide bonds. The SMILES string of the molecule is Cc1ccc(C(=O)O)c(-c2ccccc2)n1. The molecule has 80 valence electrons. The van der Waals surface area contributed by atoms with E-state index in [-0.39, 0.29) is 5.56 Å². The van der Waals surface area contributed by atoms with Gasteiger partial charge in [0.15, 0.2) is 0 Å². The first-order valence-electron chi connectivity index (χ1n) is 4.95. The fraction of sp³-hybridized carbons (Fsp3) is 0.0769. The van der Waals surface area contributed by atoms with Gasteiger partial charge in [0.2, 0.25) is 0 Å². The molecule has 2 aromatic rings. The molecule has 3 nitrogen and oxygen atoms in total. The molecule has 0 aliphatic heterocycles. The van der Waals surface area contributed by atoms with Crippen LogP contribution in [0.5, 0.6) is 0 Å². The Kier molecular flexibility index (Phi) is 2.68. The van der Waals surface area contributed by atoms with E-state index >= 15 is 0 Å². The number of carboxylic acids is 1. The monoisotopic (exact) mass is 213 g/mol. The number of aryl methyl sites for hydroxylation is 1. The molecular formula is C13H11NO2. The topological polar surface area (TPSA) is 50.2 Å². The van der Waals surface area contributed by atoms with Gasteiger partial charge in [-0.3, -0.25) is 4.98 Å². The van der Waals surface area contributed by atoms with Crippen molar-refractivity contribution in [1.82, 2.24) is 4.98 Å². The van der Waals surface area contributed by atoms with E-state index < -0.39 is 5.97 Å². The predicted octanol–water partition coefficient (Wildman–Crippen LogP) is 2.76. The van der Waals surface area contributed by atoms with E-state index in [9.17, 15) is 4.79 Å². The summed E-state index contributed by atoms with van der Waals surface area (Å²) in [6.07, 6.45) is 0. The smallest absolute Gasteiger partial charge is 0.337 e. The molecule has 1 heterocycles. The molecule has 0 aliphatic rings. The number of nitrogens with zero attached hydrogens (tertiary/aromatic N) is 1. The lowest BCUT2D eigenvalue weighted by atomic mass is 10.1. The Hall–Kier alpha value is -2.16. The minimum atomic E-state index is -0.952. The van der Waals surface area contributed by atoms with Crippen molar-refractivity contribution < 1.29 is 9.90 Å². The zero-order chi connectivity index (χ0) is 11.5. The van der Waals surface area contributed by atoms with Crippen LogP contribution in [0.25, 0.3) is 11.3 Å². The summed E-state index contributed by atoms with van der Waals surface area (Å²) in [4.78, 5) is 15.4. The second-order valence-corrected chi connectivity index (χ2v) is 3.52. The minimum Gasteiger partial charge on any atom is -0.478 e. The second kappa shape index (κ2) is 4.14. The first-order valence-corrected chi connectivity index (χ1v) is 4.95. The van der Waals surface area contributed by atoms with E-state index in [1.807, 2.05) is 37.3 Å². The van der Waals surface area contributed by atoms with Crippen molar-refractivity contribution in [2.24, 2.45) is 0 Å². The van der Waals surface area contributed by atoms with Crippen molar-refractivity contribution in [3.8, 4) is 11.3 Å². The Morgan fingerprint density at radius 2 is 1.81 bits per heavy atom. The van der Waals surface area contributed by atoms with E-state index in [1.54, 1.807) is 12.1 Å². The second-order valence-electron chi connectivity index (χ2n) is 3.52. The molecule has 1 N–H and O–H groups in total. The van der Waals surface area contributed by atoms with E-state index in [4.69, 9.17) is 5.11 Å². The first-order chi connectivity index (χ1) is 7.68. The van der Waals surface area contributed by atoms with Gasteiger partial charge in [0, 0.05) is 11.3 Å². The number of carbonyl (C=O) groups is 1. The quantitative estimate of drug-likeness (QED) is 0.834. The largest absolute Gasteiger partial charge is 0.478 e. The van der Waals surface area contributed by atoms with Crippen LogP contribution >= 0.6 is 0 Å². The molecule has 0 atom stereocenters. The maximum atomic E-state index is 11.1. The number of carboxylic acid groups (broad SMARTS) is 1. The number of aromatic carboxylic acids is 1. The Balaban J connectivity index is 2.63. The molecule has 1 aromatic heterocycles. The molecule has 0 unspecified atom stereocenters. The molecule has 1 aromatic carbocycles. The van der Waals surface area contributed by atoms with E-state index in [0.29, 0.717) is 5.69 Å². The van der Waals surface area contributed by atoms with Crippen LogP contribution < -0.4 is 0 Å². The van der Waals surface area contributed by atoms with Crippen molar-refractivity contribution in [3.05, 3.63) is 53.7 Å². The lowest BCUT2D eigenvalue weighted by Crippen LogP contribution is -2.02. The number of pyridine rings is 1. The van der Waals surface area contributed by atoms with Gasteiger partial charge < -0.3 is 5.11 Å². The Labute approximate surface area is 93.4 Å². The van der Waals surface area contributed by atoms with Crippen LogP contribution in [0.2, 0.25) is 0 Å². The molecule has 0 radical (unpaired) electrons. The van der Waals surface area contributed by atoms with Crippen LogP contribution in [-0.4, -0.2) is 16.1 Å². The maximum absolute atomic E-state index is 11.1. The summed E-state index contributed by atoms with van der Waals surface area (Å²) < 4.78 is 0. The molecule has 0 saturated heterocycles. The van der Waals surface area contributed by atoms with Crippen LogP contribution in [0.3, 0.4) is 0 Å². The van der Waals surface area contributed by atoms with Gasteiger partial charge in [-0.2, -0.15) is 0 Å². The number of hydrogen-bond acceptors (Lipinski definition) is 2. The highest BCUT2D eigenvalue weighted by Gasteiger charge is 2.12. The van der Waals surface area contributed by atoms with Gasteiger partial charge >= 0.3 is 5.97 Å². The van der Waals surface area contributed by atoms with Crippen LogP contribution in [0, 0.1) is 6.92 Å². The highest BCUT2D eigenvalue weighted by molar-refractivity contribution is 5.94. The van der Waals surface area contributed by atoms with Crippen LogP contribution in [0.15, 0.2) is 42.5 Å². The first kappa shape index (κ1) is 10.4. The zero-order valence-corrected chi connectivity index (χ0v) is 8.84. The summed E-state index contributed by atoms with van der Waals surface area (Å²) >= 11 is 0. The van der Waals surface area contributed by atoms with E-state index in [0.717, 1.165) is 11.3 Å². The standard InChI is InChI=1S/C13H11NO2/c1-9-7-8-11(13(15)16)12(14-9)10-5-3-2-4-6-10/h2-8H,1H3,(H,15,16). The van der Waals surface area contributed by atoms with Gasteiger partial charge in [0.25, 0.3) is 0 Å². The average molecular weight is 213 g/mol. The van der Waals surface area contributed by atoms with Gasteiger partial charge in [-0.25, -0.2) is 4.79 Å². The lowest BCUT2D eigenvalue weighted by molar-refractivity contribution is 0.0697. The summed E-state index contributed by atoms with van der Waals surface area (Å²) in [5.41, 5.74) is 2.39. The number of rotatable bonds is 2. The van der Waals surface area contributed by atoms with Crippen LogP contribution in [0.1, 0.15) is 16.1 Å². The fourth-order valence-corrected chi connectivity index (χ4v) is 1.55. The fourth-order valence-electron chi connectivity index (χ4n) is 1.55.